The summed E-state index contributed by atoms with van der Waals surface area (Å²) in [6, 6.07) is 14.1. The average molecular weight is 348 g/mol. The number of nitrogens with one attached hydrogen (secondary N) is 2. The van der Waals surface area contributed by atoms with E-state index in [2.05, 4.69) is 26.2 Å². The van der Waals surface area contributed by atoms with E-state index in [0.29, 0.717) is 22.9 Å². The smallest absolute Gasteiger partial charge is 0.255 e. The van der Waals surface area contributed by atoms with Crippen LogP contribution in [0, 0.1) is 0 Å². The van der Waals surface area contributed by atoms with E-state index in [0.717, 1.165) is 18.5 Å². The van der Waals surface area contributed by atoms with Crippen molar-refractivity contribution >= 4 is 17.5 Å². The molecule has 0 saturated heterocycles. The summed E-state index contributed by atoms with van der Waals surface area (Å²) >= 11 is 0. The Morgan fingerprint density at radius 3 is 2.50 bits per heavy atom. The predicted molar refractivity (Wildman–Crippen MR) is 94.0 cm³/mol. The van der Waals surface area contributed by atoms with Crippen molar-refractivity contribution in [1.82, 2.24) is 25.5 Å². The summed E-state index contributed by atoms with van der Waals surface area (Å²) in [4.78, 5) is 24.5. The number of hydrogen-bond donors (Lipinski definition) is 2. The molecule has 2 N–H and O–H groups in total. The van der Waals surface area contributed by atoms with Gasteiger partial charge in [-0.2, -0.15) is 0 Å². The molecule has 2 aromatic carbocycles. The van der Waals surface area contributed by atoms with Crippen LogP contribution in [0.3, 0.4) is 0 Å². The van der Waals surface area contributed by atoms with Crippen molar-refractivity contribution in [1.29, 1.82) is 0 Å². The molecular weight excluding hydrogens is 332 g/mol. The van der Waals surface area contributed by atoms with E-state index in [-0.39, 0.29) is 11.8 Å². The van der Waals surface area contributed by atoms with Crippen LogP contribution in [-0.4, -0.2) is 38.1 Å². The first-order chi connectivity index (χ1) is 12.7. The number of benzene rings is 2. The molecular formula is C18H16N6O2. The van der Waals surface area contributed by atoms with Gasteiger partial charge in [0.05, 0.1) is 5.69 Å². The third-order valence-corrected chi connectivity index (χ3v) is 4.04. The molecule has 0 spiro atoms. The molecule has 0 radical (unpaired) electrons. The first-order valence-electron chi connectivity index (χ1n) is 8.25. The molecule has 3 aromatic rings. The molecule has 0 aliphatic heterocycles. The molecule has 1 fully saturated rings. The SMILES string of the molecule is O=C(Nc1cccc(C(=O)NC2CC2)c1)c1ccc(-n2cnnn2)cc1. The van der Waals surface area contributed by atoms with Crippen LogP contribution in [-0.2, 0) is 0 Å². The first kappa shape index (κ1) is 15.9. The summed E-state index contributed by atoms with van der Waals surface area (Å²) in [6.45, 7) is 0. The predicted octanol–water partition coefficient (Wildman–Crippen LogP) is 1.81. The van der Waals surface area contributed by atoms with Gasteiger partial charge in [0.1, 0.15) is 6.33 Å². The van der Waals surface area contributed by atoms with Crippen LogP contribution in [0.5, 0.6) is 0 Å². The largest absolute Gasteiger partial charge is 0.349 e. The van der Waals surface area contributed by atoms with Crippen molar-refractivity contribution < 1.29 is 9.59 Å². The van der Waals surface area contributed by atoms with Crippen molar-refractivity contribution in [3.8, 4) is 5.69 Å². The second kappa shape index (κ2) is 6.75. The third-order valence-electron chi connectivity index (χ3n) is 4.04. The lowest BCUT2D eigenvalue weighted by molar-refractivity contribution is 0.0949. The zero-order chi connectivity index (χ0) is 17.9. The van der Waals surface area contributed by atoms with E-state index < -0.39 is 0 Å². The lowest BCUT2D eigenvalue weighted by Gasteiger charge is -2.08. The number of carbonyl (C=O) groups excluding carboxylic acids is 2. The summed E-state index contributed by atoms with van der Waals surface area (Å²) in [5.74, 6) is -0.373. The fraction of sp³-hybridized carbons (Fsp3) is 0.167. The Morgan fingerprint density at radius 1 is 1.00 bits per heavy atom. The molecule has 0 atom stereocenters. The van der Waals surface area contributed by atoms with Gasteiger partial charge in [0.15, 0.2) is 0 Å². The molecule has 8 nitrogen and oxygen atoms in total. The minimum Gasteiger partial charge on any atom is -0.349 e. The van der Waals surface area contributed by atoms with Crippen molar-refractivity contribution in [3.05, 3.63) is 66.0 Å². The number of carbonyl (C=O) groups is 2. The normalized spacial score (nSPS) is 13.2. The molecule has 1 heterocycles. The molecule has 8 heteroatoms. The Morgan fingerprint density at radius 2 is 1.81 bits per heavy atom. The highest BCUT2D eigenvalue weighted by Crippen LogP contribution is 2.20. The zero-order valence-corrected chi connectivity index (χ0v) is 13.8. The van der Waals surface area contributed by atoms with Crippen LogP contribution in [0.25, 0.3) is 5.69 Å². The summed E-state index contributed by atoms with van der Waals surface area (Å²) in [6.07, 6.45) is 3.54. The first-order valence-corrected chi connectivity index (χ1v) is 8.25. The summed E-state index contributed by atoms with van der Waals surface area (Å²) in [5.41, 5.74) is 2.35. The van der Waals surface area contributed by atoms with Crippen LogP contribution in [0.1, 0.15) is 33.6 Å². The number of tetrazole rings is 1. The number of aromatic nitrogens is 4. The van der Waals surface area contributed by atoms with Gasteiger partial charge < -0.3 is 10.6 Å². The Balaban J connectivity index is 1.45. The quantitative estimate of drug-likeness (QED) is 0.732. The van der Waals surface area contributed by atoms with Gasteiger partial charge in [-0.3, -0.25) is 9.59 Å². The number of anilines is 1. The monoisotopic (exact) mass is 348 g/mol. The number of amides is 2. The molecule has 2 amide bonds. The minimum absolute atomic E-state index is 0.116. The average Bonchev–Trinajstić information content (AvgIpc) is 3.31. The second-order valence-corrected chi connectivity index (χ2v) is 6.08. The van der Waals surface area contributed by atoms with E-state index >= 15 is 0 Å². The van der Waals surface area contributed by atoms with E-state index in [9.17, 15) is 9.59 Å². The highest BCUT2D eigenvalue weighted by atomic mass is 16.2. The third kappa shape index (κ3) is 3.59. The van der Waals surface area contributed by atoms with Crippen molar-refractivity contribution in [2.24, 2.45) is 0 Å². The molecule has 1 saturated carbocycles. The van der Waals surface area contributed by atoms with Gasteiger partial charge >= 0.3 is 0 Å². The van der Waals surface area contributed by atoms with E-state index in [4.69, 9.17) is 0 Å². The number of nitrogens with zero attached hydrogens (tertiary/aromatic N) is 4. The highest BCUT2D eigenvalue weighted by molar-refractivity contribution is 6.05. The zero-order valence-electron chi connectivity index (χ0n) is 13.8. The van der Waals surface area contributed by atoms with Crippen LogP contribution in [0.2, 0.25) is 0 Å². The second-order valence-electron chi connectivity index (χ2n) is 6.08. The Hall–Kier alpha value is -3.55. The highest BCUT2D eigenvalue weighted by Gasteiger charge is 2.23. The van der Waals surface area contributed by atoms with Crippen LogP contribution in [0.15, 0.2) is 54.9 Å². The molecule has 1 aliphatic carbocycles. The van der Waals surface area contributed by atoms with Gasteiger partial charge in [0.2, 0.25) is 0 Å². The summed E-state index contributed by atoms with van der Waals surface area (Å²) < 4.78 is 1.50. The van der Waals surface area contributed by atoms with Crippen LogP contribution >= 0.6 is 0 Å². The van der Waals surface area contributed by atoms with Gasteiger partial charge in [-0.25, -0.2) is 4.68 Å². The standard InChI is InChI=1S/C18H16N6O2/c25-17(12-4-8-16(9-5-12)24-11-19-22-23-24)21-15-3-1-2-13(10-15)18(26)20-14-6-7-14/h1-5,8-11,14H,6-7H2,(H,20,26)(H,21,25). The van der Waals surface area contributed by atoms with Crippen molar-refractivity contribution in [2.45, 2.75) is 18.9 Å². The van der Waals surface area contributed by atoms with Gasteiger partial charge in [-0.15, -0.1) is 5.10 Å². The van der Waals surface area contributed by atoms with Crippen molar-refractivity contribution in [3.63, 3.8) is 0 Å². The van der Waals surface area contributed by atoms with Gasteiger partial charge in [-0.1, -0.05) is 6.07 Å². The molecule has 26 heavy (non-hydrogen) atoms. The Labute approximate surface area is 149 Å². The minimum atomic E-state index is -0.256. The van der Waals surface area contributed by atoms with E-state index in [1.54, 1.807) is 48.5 Å². The van der Waals surface area contributed by atoms with Gasteiger partial charge in [-0.05, 0) is 65.7 Å². The lowest BCUT2D eigenvalue weighted by Crippen LogP contribution is -2.25. The number of hydrogen-bond acceptors (Lipinski definition) is 5. The van der Waals surface area contributed by atoms with E-state index in [1.165, 1.54) is 11.0 Å². The maximum Gasteiger partial charge on any atom is 0.255 e. The van der Waals surface area contributed by atoms with Gasteiger partial charge in [0, 0.05) is 22.9 Å². The molecule has 4 rings (SSSR count). The lowest BCUT2D eigenvalue weighted by atomic mass is 10.1. The Kier molecular flexibility index (Phi) is 4.14. The molecule has 0 bridgehead atoms. The van der Waals surface area contributed by atoms with Crippen LogP contribution in [0.4, 0.5) is 5.69 Å². The van der Waals surface area contributed by atoms with Gasteiger partial charge in [0.25, 0.3) is 11.8 Å². The summed E-state index contributed by atoms with van der Waals surface area (Å²) in [7, 11) is 0. The molecule has 0 unspecified atom stereocenters. The maximum absolute atomic E-state index is 12.4. The Bertz CT molecular complexity index is 933. The van der Waals surface area contributed by atoms with Crippen molar-refractivity contribution in [2.75, 3.05) is 5.32 Å². The topological polar surface area (TPSA) is 102 Å². The number of rotatable bonds is 5. The molecule has 1 aliphatic rings. The fourth-order valence-corrected chi connectivity index (χ4v) is 2.48. The fourth-order valence-electron chi connectivity index (χ4n) is 2.48. The maximum atomic E-state index is 12.4. The van der Waals surface area contributed by atoms with Crippen LogP contribution < -0.4 is 10.6 Å². The molecule has 130 valence electrons. The molecule has 1 aromatic heterocycles. The summed E-state index contributed by atoms with van der Waals surface area (Å²) in [5, 5.41) is 16.7. The van der Waals surface area contributed by atoms with E-state index in [1.807, 2.05) is 0 Å².